The molecule has 0 bridgehead atoms. The Labute approximate surface area is 120 Å². The minimum atomic E-state index is -0.692. The number of hydrogen-bond acceptors (Lipinski definition) is 4. The molecule has 0 radical (unpaired) electrons. The second kappa shape index (κ2) is 5.32. The maximum Gasteiger partial charge on any atom is 0.306 e. The smallest absolute Gasteiger partial charge is 0.306 e. The van der Waals surface area contributed by atoms with E-state index in [4.69, 9.17) is 21.2 Å². The number of nitrogens with zero attached hydrogens (tertiary/aromatic N) is 1. The monoisotopic (exact) mass is 294 g/mol. The highest BCUT2D eigenvalue weighted by Crippen LogP contribution is 2.30. The van der Waals surface area contributed by atoms with Gasteiger partial charge in [0.2, 0.25) is 0 Å². The summed E-state index contributed by atoms with van der Waals surface area (Å²) >= 11 is 5.98. The molecule has 3 rings (SSSR count). The highest BCUT2D eigenvalue weighted by Gasteiger charge is 2.26. The van der Waals surface area contributed by atoms with Gasteiger partial charge in [-0.05, 0) is 43.9 Å². The quantitative estimate of drug-likeness (QED) is 0.905. The first-order chi connectivity index (χ1) is 9.63. The van der Waals surface area contributed by atoms with Crippen molar-refractivity contribution < 1.29 is 14.4 Å². The van der Waals surface area contributed by atoms with E-state index in [1.807, 2.05) is 6.07 Å². The maximum atomic E-state index is 10.9. The van der Waals surface area contributed by atoms with Crippen molar-refractivity contribution in [3.8, 4) is 0 Å². The summed E-state index contributed by atoms with van der Waals surface area (Å²) in [5.74, 6) is -0.222. The highest BCUT2D eigenvalue weighted by molar-refractivity contribution is 6.31. The molecule has 0 amide bonds. The molecule has 1 saturated carbocycles. The maximum absolute atomic E-state index is 10.9. The number of nitrogens with one attached hydrogen (secondary N) is 1. The van der Waals surface area contributed by atoms with Crippen LogP contribution < -0.4 is 5.32 Å². The summed E-state index contributed by atoms with van der Waals surface area (Å²) in [7, 11) is 0. The predicted molar refractivity (Wildman–Crippen MR) is 76.0 cm³/mol. The number of aliphatic carboxylic acids is 1. The van der Waals surface area contributed by atoms with E-state index >= 15 is 0 Å². The largest absolute Gasteiger partial charge is 0.481 e. The van der Waals surface area contributed by atoms with Gasteiger partial charge >= 0.3 is 5.97 Å². The Balaban J connectivity index is 1.71. The van der Waals surface area contributed by atoms with E-state index in [2.05, 4.69) is 10.5 Å². The topological polar surface area (TPSA) is 75.4 Å². The Morgan fingerprint density at radius 1 is 1.35 bits per heavy atom. The second-order valence-electron chi connectivity index (χ2n) is 5.20. The number of aromatic nitrogens is 1. The Morgan fingerprint density at radius 3 is 2.80 bits per heavy atom. The van der Waals surface area contributed by atoms with E-state index in [9.17, 15) is 4.79 Å². The number of carbonyl (C=O) groups is 1. The minimum Gasteiger partial charge on any atom is -0.481 e. The lowest BCUT2D eigenvalue weighted by Crippen LogP contribution is -2.29. The van der Waals surface area contributed by atoms with E-state index in [1.54, 1.807) is 12.1 Å². The molecule has 0 atom stereocenters. The van der Waals surface area contributed by atoms with Gasteiger partial charge in [0.15, 0.2) is 11.4 Å². The number of anilines is 1. The Kier molecular flexibility index (Phi) is 3.53. The van der Waals surface area contributed by atoms with Crippen molar-refractivity contribution in [2.75, 3.05) is 5.32 Å². The summed E-state index contributed by atoms with van der Waals surface area (Å²) in [6, 6.07) is 5.60. The molecule has 0 spiro atoms. The zero-order valence-corrected chi connectivity index (χ0v) is 11.6. The lowest BCUT2D eigenvalue weighted by molar-refractivity contribution is -0.142. The van der Waals surface area contributed by atoms with Crippen LogP contribution in [-0.2, 0) is 4.79 Å². The molecule has 2 N–H and O–H groups in total. The molecule has 1 heterocycles. The third-order valence-corrected chi connectivity index (χ3v) is 4.08. The molecule has 1 fully saturated rings. The van der Waals surface area contributed by atoms with Gasteiger partial charge in [-0.15, -0.1) is 0 Å². The average Bonchev–Trinajstić information content (AvgIpc) is 2.82. The lowest BCUT2D eigenvalue weighted by atomic mass is 9.86. The predicted octanol–water partition coefficient (Wildman–Crippen LogP) is 3.54. The van der Waals surface area contributed by atoms with E-state index in [0.29, 0.717) is 29.3 Å². The van der Waals surface area contributed by atoms with Gasteiger partial charge in [-0.2, -0.15) is 0 Å². The number of rotatable bonds is 3. The molecule has 2 aromatic rings. The van der Waals surface area contributed by atoms with Gasteiger partial charge < -0.3 is 14.9 Å². The van der Waals surface area contributed by atoms with Crippen LogP contribution >= 0.6 is 11.6 Å². The summed E-state index contributed by atoms with van der Waals surface area (Å²) < 4.78 is 5.24. The van der Waals surface area contributed by atoms with Crippen LogP contribution in [0, 0.1) is 5.92 Å². The summed E-state index contributed by atoms with van der Waals surface area (Å²) in [5.41, 5.74) is 0.691. The SMILES string of the molecule is O=C(O)C1CCC(Nc2noc3ccc(Cl)cc23)CC1. The van der Waals surface area contributed by atoms with Crippen LogP contribution in [0.1, 0.15) is 25.7 Å². The zero-order chi connectivity index (χ0) is 14.1. The fraction of sp³-hybridized carbons (Fsp3) is 0.429. The normalized spacial score (nSPS) is 22.9. The Bertz CT molecular complexity index is 632. The van der Waals surface area contributed by atoms with Crippen LogP contribution in [0.4, 0.5) is 5.82 Å². The van der Waals surface area contributed by atoms with E-state index in [-0.39, 0.29) is 12.0 Å². The third-order valence-electron chi connectivity index (χ3n) is 3.85. The van der Waals surface area contributed by atoms with Gasteiger partial charge in [0.25, 0.3) is 0 Å². The molecular weight excluding hydrogens is 280 g/mol. The first-order valence-corrected chi connectivity index (χ1v) is 7.05. The number of fused-ring (bicyclic) bond motifs is 1. The van der Waals surface area contributed by atoms with Crippen LogP contribution in [0.5, 0.6) is 0 Å². The number of halogens is 1. The zero-order valence-electron chi connectivity index (χ0n) is 10.8. The van der Waals surface area contributed by atoms with E-state index < -0.39 is 5.97 Å². The van der Waals surface area contributed by atoms with Gasteiger partial charge in [0, 0.05) is 11.1 Å². The van der Waals surface area contributed by atoms with Crippen LogP contribution in [0.25, 0.3) is 11.0 Å². The van der Waals surface area contributed by atoms with Crippen molar-refractivity contribution in [2.45, 2.75) is 31.7 Å². The van der Waals surface area contributed by atoms with Gasteiger partial charge in [-0.3, -0.25) is 4.79 Å². The van der Waals surface area contributed by atoms with E-state index in [0.717, 1.165) is 18.2 Å². The fourth-order valence-electron chi connectivity index (χ4n) is 2.69. The Hall–Kier alpha value is -1.75. The first-order valence-electron chi connectivity index (χ1n) is 6.68. The van der Waals surface area contributed by atoms with Crippen LogP contribution in [-0.4, -0.2) is 22.3 Å². The minimum absolute atomic E-state index is 0.212. The molecule has 106 valence electrons. The highest BCUT2D eigenvalue weighted by atomic mass is 35.5. The standard InChI is InChI=1S/C14H15ClN2O3/c15-9-3-6-12-11(7-9)13(17-20-12)16-10-4-1-8(2-5-10)14(18)19/h3,6-8,10H,1-2,4-5H2,(H,16,17)(H,18,19). The van der Waals surface area contributed by atoms with Gasteiger partial charge in [0.1, 0.15) is 0 Å². The molecule has 5 nitrogen and oxygen atoms in total. The fourth-order valence-corrected chi connectivity index (χ4v) is 2.87. The molecule has 1 aromatic carbocycles. The molecule has 1 aliphatic carbocycles. The molecule has 0 unspecified atom stereocenters. The van der Waals surface area contributed by atoms with Gasteiger partial charge in [0.05, 0.1) is 11.3 Å². The van der Waals surface area contributed by atoms with Crippen molar-refractivity contribution in [3.05, 3.63) is 23.2 Å². The van der Waals surface area contributed by atoms with Crippen LogP contribution in [0.2, 0.25) is 5.02 Å². The summed E-state index contributed by atoms with van der Waals surface area (Å²) in [6.07, 6.45) is 3.05. The molecule has 1 aromatic heterocycles. The van der Waals surface area contributed by atoms with Crippen LogP contribution in [0.15, 0.2) is 22.7 Å². The molecule has 1 aliphatic rings. The average molecular weight is 295 g/mol. The summed E-state index contributed by atoms with van der Waals surface area (Å²) in [5, 5.41) is 17.8. The molecular formula is C14H15ClN2O3. The number of hydrogen-bond donors (Lipinski definition) is 2. The summed E-state index contributed by atoms with van der Waals surface area (Å²) in [6.45, 7) is 0. The van der Waals surface area contributed by atoms with E-state index in [1.165, 1.54) is 0 Å². The first kappa shape index (κ1) is 13.2. The van der Waals surface area contributed by atoms with Crippen molar-refractivity contribution in [2.24, 2.45) is 5.92 Å². The summed E-state index contributed by atoms with van der Waals surface area (Å²) in [4.78, 5) is 10.9. The van der Waals surface area contributed by atoms with Crippen LogP contribution in [0.3, 0.4) is 0 Å². The number of carboxylic acids is 1. The van der Waals surface area contributed by atoms with Crippen molar-refractivity contribution in [3.63, 3.8) is 0 Å². The lowest BCUT2D eigenvalue weighted by Gasteiger charge is -2.26. The molecule has 0 saturated heterocycles. The van der Waals surface area contributed by atoms with Crippen molar-refractivity contribution in [1.29, 1.82) is 0 Å². The van der Waals surface area contributed by atoms with Gasteiger partial charge in [-0.25, -0.2) is 0 Å². The number of carboxylic acid groups (broad SMARTS) is 1. The van der Waals surface area contributed by atoms with Gasteiger partial charge in [-0.1, -0.05) is 16.8 Å². The molecule has 6 heteroatoms. The molecule has 0 aliphatic heterocycles. The second-order valence-corrected chi connectivity index (χ2v) is 5.64. The third kappa shape index (κ3) is 2.58. The Morgan fingerprint density at radius 2 is 2.10 bits per heavy atom. The molecule has 20 heavy (non-hydrogen) atoms. The van der Waals surface area contributed by atoms with Crippen molar-refractivity contribution >= 4 is 34.4 Å². The number of benzene rings is 1. The van der Waals surface area contributed by atoms with Crippen molar-refractivity contribution in [1.82, 2.24) is 5.16 Å².